The van der Waals surface area contributed by atoms with Gasteiger partial charge < -0.3 is 10.4 Å². The van der Waals surface area contributed by atoms with Crippen LogP contribution in [0.2, 0.25) is 0 Å². The van der Waals surface area contributed by atoms with Crippen molar-refractivity contribution in [3.63, 3.8) is 0 Å². The molecule has 1 amide bonds. The van der Waals surface area contributed by atoms with E-state index in [9.17, 15) is 22.8 Å². The fraction of sp³-hybridized carbons (Fsp3) is 0.167. The fourth-order valence-electron chi connectivity index (χ4n) is 1.41. The first kappa shape index (κ1) is 16.2. The molecule has 1 atom stereocenters. The van der Waals surface area contributed by atoms with Crippen LogP contribution in [0.25, 0.3) is 0 Å². The minimum absolute atomic E-state index is 0.175. The SMILES string of the molecule is C=C(Br)C[C@@H](NC(=O)c1c(F)cc(F)cc1F)C(=O)O. The van der Waals surface area contributed by atoms with Gasteiger partial charge in [-0.15, -0.1) is 0 Å². The number of hydrogen-bond acceptors (Lipinski definition) is 2. The van der Waals surface area contributed by atoms with Gasteiger partial charge in [-0.1, -0.05) is 22.5 Å². The molecule has 0 fully saturated rings. The molecule has 20 heavy (non-hydrogen) atoms. The molecule has 2 N–H and O–H groups in total. The number of carbonyl (C=O) groups is 2. The van der Waals surface area contributed by atoms with Crippen LogP contribution in [-0.2, 0) is 4.79 Å². The van der Waals surface area contributed by atoms with E-state index in [1.807, 2.05) is 5.32 Å². The quantitative estimate of drug-likeness (QED) is 0.856. The Balaban J connectivity index is 3.01. The van der Waals surface area contributed by atoms with E-state index in [-0.39, 0.29) is 10.9 Å². The Hall–Kier alpha value is -1.83. The minimum Gasteiger partial charge on any atom is -0.480 e. The Bertz CT molecular complexity index is 554. The van der Waals surface area contributed by atoms with Gasteiger partial charge >= 0.3 is 5.97 Å². The van der Waals surface area contributed by atoms with Crippen molar-refractivity contribution in [2.75, 3.05) is 0 Å². The number of nitrogens with one attached hydrogen (secondary N) is 1. The molecule has 4 nitrogen and oxygen atoms in total. The zero-order chi connectivity index (χ0) is 15.4. The molecule has 0 bridgehead atoms. The average Bonchev–Trinajstić information content (AvgIpc) is 2.25. The van der Waals surface area contributed by atoms with E-state index in [0.717, 1.165) is 0 Å². The summed E-state index contributed by atoms with van der Waals surface area (Å²) in [6.07, 6.45) is -0.175. The second-order valence-electron chi connectivity index (χ2n) is 3.83. The third-order valence-corrected chi connectivity index (χ3v) is 2.59. The Kier molecular flexibility index (Phi) is 5.32. The molecular weight excluding hydrogens is 343 g/mol. The molecule has 108 valence electrons. The lowest BCUT2D eigenvalue weighted by Gasteiger charge is -2.14. The van der Waals surface area contributed by atoms with Gasteiger partial charge in [0.15, 0.2) is 0 Å². The van der Waals surface area contributed by atoms with E-state index in [2.05, 4.69) is 22.5 Å². The van der Waals surface area contributed by atoms with Gasteiger partial charge in [-0.2, -0.15) is 0 Å². The molecule has 0 saturated carbocycles. The van der Waals surface area contributed by atoms with Crippen molar-refractivity contribution in [1.29, 1.82) is 0 Å². The van der Waals surface area contributed by atoms with Crippen LogP contribution in [0, 0.1) is 17.5 Å². The van der Waals surface area contributed by atoms with Gasteiger partial charge in [0.2, 0.25) is 0 Å². The summed E-state index contributed by atoms with van der Waals surface area (Å²) in [6.45, 7) is 3.41. The number of aliphatic carboxylic acids is 1. The first-order valence-corrected chi connectivity index (χ1v) is 6.03. The standard InChI is InChI=1S/C12H9BrF3NO3/c1-5(13)2-9(12(19)20)17-11(18)10-7(15)3-6(14)4-8(10)16/h3-4,9H,1-2H2,(H,17,18)(H,19,20)/t9-/m1/s1. The highest BCUT2D eigenvalue weighted by atomic mass is 79.9. The number of rotatable bonds is 5. The first-order valence-electron chi connectivity index (χ1n) is 5.24. The molecule has 0 radical (unpaired) electrons. The summed E-state index contributed by atoms with van der Waals surface area (Å²) in [5.41, 5.74) is -1.04. The number of benzene rings is 1. The second-order valence-corrected chi connectivity index (χ2v) is 4.95. The molecule has 0 unspecified atom stereocenters. The van der Waals surface area contributed by atoms with E-state index in [1.54, 1.807) is 0 Å². The molecule has 0 aliphatic heterocycles. The van der Waals surface area contributed by atoms with Crippen LogP contribution in [-0.4, -0.2) is 23.0 Å². The normalized spacial score (nSPS) is 11.8. The van der Waals surface area contributed by atoms with Gasteiger partial charge in [0.1, 0.15) is 29.1 Å². The van der Waals surface area contributed by atoms with Gasteiger partial charge in [-0.05, 0) is 4.48 Å². The summed E-state index contributed by atoms with van der Waals surface area (Å²) in [4.78, 5) is 22.6. The van der Waals surface area contributed by atoms with Crippen molar-refractivity contribution in [2.24, 2.45) is 0 Å². The zero-order valence-corrected chi connectivity index (χ0v) is 11.5. The van der Waals surface area contributed by atoms with Gasteiger partial charge in [0.05, 0.1) is 0 Å². The minimum atomic E-state index is -1.42. The van der Waals surface area contributed by atoms with Crippen LogP contribution in [0.15, 0.2) is 23.2 Å². The monoisotopic (exact) mass is 351 g/mol. The summed E-state index contributed by atoms with van der Waals surface area (Å²) in [6, 6.07) is -0.757. The van der Waals surface area contributed by atoms with Gasteiger partial charge in [0, 0.05) is 18.6 Å². The second kappa shape index (κ2) is 6.56. The predicted octanol–water partition coefficient (Wildman–Crippen LogP) is 2.59. The van der Waals surface area contributed by atoms with E-state index in [1.165, 1.54) is 0 Å². The Morgan fingerprint density at radius 3 is 2.20 bits per heavy atom. The lowest BCUT2D eigenvalue weighted by Crippen LogP contribution is -2.41. The number of hydrogen-bond donors (Lipinski definition) is 2. The van der Waals surface area contributed by atoms with Crippen LogP contribution in [0.4, 0.5) is 13.2 Å². The molecule has 0 saturated heterocycles. The Morgan fingerprint density at radius 2 is 1.80 bits per heavy atom. The number of amides is 1. The number of carboxylic acids is 1. The van der Waals surface area contributed by atoms with E-state index in [4.69, 9.17) is 5.11 Å². The molecular formula is C12H9BrF3NO3. The molecule has 0 heterocycles. The van der Waals surface area contributed by atoms with Crippen molar-refractivity contribution in [3.8, 4) is 0 Å². The van der Waals surface area contributed by atoms with Crippen molar-refractivity contribution in [2.45, 2.75) is 12.5 Å². The third kappa shape index (κ3) is 4.09. The zero-order valence-electron chi connectivity index (χ0n) is 9.92. The van der Waals surface area contributed by atoms with Crippen LogP contribution in [0.3, 0.4) is 0 Å². The van der Waals surface area contributed by atoms with E-state index >= 15 is 0 Å². The average molecular weight is 352 g/mol. The van der Waals surface area contributed by atoms with Gasteiger partial charge in [0.25, 0.3) is 5.91 Å². The molecule has 1 rings (SSSR count). The van der Waals surface area contributed by atoms with Gasteiger partial charge in [-0.3, -0.25) is 4.79 Å². The predicted molar refractivity (Wildman–Crippen MR) is 67.9 cm³/mol. The highest BCUT2D eigenvalue weighted by molar-refractivity contribution is 9.11. The number of halogens is 4. The lowest BCUT2D eigenvalue weighted by atomic mass is 10.1. The first-order chi connectivity index (χ1) is 9.22. The van der Waals surface area contributed by atoms with Crippen LogP contribution < -0.4 is 5.32 Å². The highest BCUT2D eigenvalue weighted by Crippen LogP contribution is 2.16. The Morgan fingerprint density at radius 1 is 1.30 bits per heavy atom. The van der Waals surface area contributed by atoms with Gasteiger partial charge in [-0.25, -0.2) is 18.0 Å². The fourth-order valence-corrected chi connectivity index (χ4v) is 1.73. The summed E-state index contributed by atoms with van der Waals surface area (Å²) in [7, 11) is 0. The largest absolute Gasteiger partial charge is 0.480 e. The maximum absolute atomic E-state index is 13.4. The summed E-state index contributed by atoms with van der Waals surface area (Å²) < 4.78 is 39.7. The smallest absolute Gasteiger partial charge is 0.326 e. The maximum Gasteiger partial charge on any atom is 0.326 e. The lowest BCUT2D eigenvalue weighted by molar-refractivity contribution is -0.139. The maximum atomic E-state index is 13.4. The molecule has 0 aliphatic rings. The van der Waals surface area contributed by atoms with E-state index in [0.29, 0.717) is 12.1 Å². The molecule has 8 heteroatoms. The van der Waals surface area contributed by atoms with Crippen LogP contribution in [0.5, 0.6) is 0 Å². The molecule has 1 aromatic carbocycles. The third-order valence-electron chi connectivity index (χ3n) is 2.26. The van der Waals surface area contributed by atoms with Crippen LogP contribution >= 0.6 is 15.9 Å². The molecule has 1 aromatic rings. The Labute approximate surface area is 120 Å². The highest BCUT2D eigenvalue weighted by Gasteiger charge is 2.25. The molecule has 0 aliphatic carbocycles. The van der Waals surface area contributed by atoms with Crippen molar-refractivity contribution in [3.05, 3.63) is 46.2 Å². The number of carboxylic acid groups (broad SMARTS) is 1. The van der Waals surface area contributed by atoms with E-state index < -0.39 is 40.9 Å². The van der Waals surface area contributed by atoms with Crippen molar-refractivity contribution in [1.82, 2.24) is 5.32 Å². The summed E-state index contributed by atoms with van der Waals surface area (Å²) in [5.74, 6) is -6.70. The summed E-state index contributed by atoms with van der Waals surface area (Å²) in [5, 5.41) is 10.8. The van der Waals surface area contributed by atoms with Crippen molar-refractivity contribution >= 4 is 27.8 Å². The molecule has 0 spiro atoms. The number of carbonyl (C=O) groups excluding carboxylic acids is 1. The summed E-state index contributed by atoms with van der Waals surface area (Å²) >= 11 is 2.92. The topological polar surface area (TPSA) is 66.4 Å². The van der Waals surface area contributed by atoms with Crippen molar-refractivity contribution < 1.29 is 27.9 Å². The van der Waals surface area contributed by atoms with Crippen LogP contribution in [0.1, 0.15) is 16.8 Å². The molecule has 0 aromatic heterocycles.